The smallest absolute Gasteiger partial charge is 0.0606 e. The Morgan fingerprint density at radius 1 is 0.347 bits per heavy atom. The summed E-state index contributed by atoms with van der Waals surface area (Å²) in [5.74, 6) is 6.53. The lowest BCUT2D eigenvalue weighted by Crippen LogP contribution is -2.29. The van der Waals surface area contributed by atoms with Crippen molar-refractivity contribution >= 4 is 11.8 Å². The normalized spacial score (nSPS) is 23.8. The molecule has 4 aliphatic rings. The quantitative estimate of drug-likeness (QED) is 0.0694. The summed E-state index contributed by atoms with van der Waals surface area (Å²) in [6.07, 6.45) is 53.6. The topological polar surface area (TPSA) is 18.5 Å². The maximum absolute atomic E-state index is 6.19. The lowest BCUT2D eigenvalue weighted by molar-refractivity contribution is 0.0232. The van der Waals surface area contributed by atoms with Crippen LogP contribution in [0, 0.1) is 23.7 Å². The Morgan fingerprint density at radius 3 is 1.00 bits per heavy atom. The Morgan fingerprint density at radius 2 is 0.673 bits per heavy atom. The molecule has 2 saturated heterocycles. The summed E-state index contributed by atoms with van der Waals surface area (Å²) in [5, 5.41) is 0. The van der Waals surface area contributed by atoms with E-state index in [-0.39, 0.29) is 0 Å². The molecule has 3 heteroatoms. The Hall–Kier alpha value is 0.270. The van der Waals surface area contributed by atoms with Crippen molar-refractivity contribution in [2.75, 3.05) is 24.7 Å². The minimum Gasteiger partial charge on any atom is -0.378 e. The molecule has 0 spiro atoms. The van der Waals surface area contributed by atoms with E-state index in [0.717, 1.165) is 36.9 Å². The first-order valence-corrected chi connectivity index (χ1v) is 24.4. The zero-order valence-electron chi connectivity index (χ0n) is 33.0. The number of hydrogen-bond donors (Lipinski definition) is 0. The molecule has 0 aromatic carbocycles. The molecule has 2 saturated carbocycles. The van der Waals surface area contributed by atoms with Gasteiger partial charge in [-0.3, -0.25) is 0 Å². The molecule has 4 unspecified atom stereocenters. The molecule has 49 heavy (non-hydrogen) atoms. The van der Waals surface area contributed by atoms with Gasteiger partial charge in [0, 0.05) is 13.2 Å². The van der Waals surface area contributed by atoms with E-state index >= 15 is 0 Å². The number of thioether (sulfide) groups is 1. The van der Waals surface area contributed by atoms with Crippen LogP contribution in [0.3, 0.4) is 0 Å². The molecule has 4 atom stereocenters. The van der Waals surface area contributed by atoms with Crippen LogP contribution in [-0.4, -0.2) is 36.9 Å². The van der Waals surface area contributed by atoms with E-state index in [1.807, 2.05) is 0 Å². The molecule has 0 radical (unpaired) electrons. The molecular formula is C46H86O2S. The van der Waals surface area contributed by atoms with Crippen LogP contribution in [0.1, 0.15) is 231 Å². The van der Waals surface area contributed by atoms with Gasteiger partial charge >= 0.3 is 0 Å². The van der Waals surface area contributed by atoms with Gasteiger partial charge in [0.25, 0.3) is 0 Å². The van der Waals surface area contributed by atoms with Crippen LogP contribution >= 0.6 is 11.8 Å². The van der Waals surface area contributed by atoms with Gasteiger partial charge in [0.2, 0.25) is 0 Å². The van der Waals surface area contributed by atoms with Gasteiger partial charge in [-0.2, -0.15) is 11.8 Å². The van der Waals surface area contributed by atoms with Crippen LogP contribution in [0.4, 0.5) is 0 Å². The third kappa shape index (κ3) is 18.7. The van der Waals surface area contributed by atoms with Crippen molar-refractivity contribution in [3.8, 4) is 0 Å². The van der Waals surface area contributed by atoms with Gasteiger partial charge in [0.15, 0.2) is 0 Å². The number of hydrogen-bond acceptors (Lipinski definition) is 3. The Bertz CT molecular complexity index is 659. The first-order valence-electron chi connectivity index (χ1n) is 23.2. The van der Waals surface area contributed by atoms with E-state index in [1.165, 1.54) is 243 Å². The predicted octanol–water partition coefficient (Wildman–Crippen LogP) is 15.1. The van der Waals surface area contributed by atoms with Crippen LogP contribution in [-0.2, 0) is 9.47 Å². The van der Waals surface area contributed by atoms with Crippen molar-refractivity contribution in [3.63, 3.8) is 0 Å². The van der Waals surface area contributed by atoms with Gasteiger partial charge in [-0.15, -0.1) is 0 Å². The second kappa shape index (κ2) is 28.7. The maximum atomic E-state index is 6.19. The SMILES string of the molecule is C(CCCCCCC(C1CCCCC1)C1CCCO1)CCCCCSCCCCCCCCCCCCC(C1CCCCC1)C1CCCO1. The van der Waals surface area contributed by atoms with E-state index in [0.29, 0.717) is 12.2 Å². The van der Waals surface area contributed by atoms with Crippen LogP contribution in [0.25, 0.3) is 0 Å². The zero-order valence-corrected chi connectivity index (χ0v) is 33.8. The Balaban J connectivity index is 0.823. The summed E-state index contributed by atoms with van der Waals surface area (Å²) in [6.45, 7) is 2.07. The molecule has 0 aromatic rings. The van der Waals surface area contributed by atoms with E-state index in [2.05, 4.69) is 11.8 Å². The molecule has 0 amide bonds. The van der Waals surface area contributed by atoms with Crippen LogP contribution in [0.2, 0.25) is 0 Å². The fourth-order valence-electron chi connectivity index (χ4n) is 10.6. The van der Waals surface area contributed by atoms with Crippen LogP contribution < -0.4 is 0 Å². The first-order chi connectivity index (χ1) is 24.4. The number of rotatable bonds is 30. The third-order valence-electron chi connectivity index (χ3n) is 13.5. The zero-order chi connectivity index (χ0) is 33.9. The molecule has 2 nitrogen and oxygen atoms in total. The molecule has 2 aliphatic heterocycles. The Labute approximate surface area is 311 Å². The highest BCUT2D eigenvalue weighted by atomic mass is 32.2. The molecule has 288 valence electrons. The van der Waals surface area contributed by atoms with Crippen molar-refractivity contribution in [3.05, 3.63) is 0 Å². The van der Waals surface area contributed by atoms with Gasteiger partial charge in [-0.1, -0.05) is 180 Å². The summed E-state index contributed by atoms with van der Waals surface area (Å²) >= 11 is 2.23. The lowest BCUT2D eigenvalue weighted by Gasteiger charge is -2.34. The molecule has 4 rings (SSSR count). The summed E-state index contributed by atoms with van der Waals surface area (Å²) < 4.78 is 12.4. The van der Waals surface area contributed by atoms with E-state index < -0.39 is 0 Å². The molecule has 2 aliphatic carbocycles. The second-order valence-electron chi connectivity index (χ2n) is 17.5. The average Bonchev–Trinajstić information content (AvgIpc) is 3.88. The fraction of sp³-hybridized carbons (Fsp3) is 1.00. The predicted molar refractivity (Wildman–Crippen MR) is 217 cm³/mol. The van der Waals surface area contributed by atoms with Gasteiger partial charge in [0.05, 0.1) is 12.2 Å². The molecule has 2 heterocycles. The fourth-order valence-corrected chi connectivity index (χ4v) is 11.6. The number of ether oxygens (including phenoxy) is 2. The molecule has 0 N–H and O–H groups in total. The lowest BCUT2D eigenvalue weighted by atomic mass is 9.74. The van der Waals surface area contributed by atoms with Crippen molar-refractivity contribution in [1.29, 1.82) is 0 Å². The summed E-state index contributed by atoms with van der Waals surface area (Å²) in [4.78, 5) is 0. The highest BCUT2D eigenvalue weighted by Gasteiger charge is 2.33. The van der Waals surface area contributed by atoms with E-state index in [9.17, 15) is 0 Å². The summed E-state index contributed by atoms with van der Waals surface area (Å²) in [6, 6.07) is 0. The molecule has 4 fully saturated rings. The standard InChI is InChI=1S/C46H86O2S/c1(5-9-13-23-33-43(45-35-27-37-47-45)41-29-19-17-20-30-41)3-7-11-15-25-39-49-40-26-16-12-8-4-2-6-10-14-24-34-44(46-36-28-38-48-46)42-31-21-18-22-32-42/h41-46H,1-40H2. The second-order valence-corrected chi connectivity index (χ2v) is 18.7. The van der Waals surface area contributed by atoms with Gasteiger partial charge in [-0.25, -0.2) is 0 Å². The third-order valence-corrected chi connectivity index (χ3v) is 14.7. The monoisotopic (exact) mass is 703 g/mol. The highest BCUT2D eigenvalue weighted by Crippen LogP contribution is 2.40. The highest BCUT2D eigenvalue weighted by molar-refractivity contribution is 7.99. The minimum absolute atomic E-state index is 0.609. The van der Waals surface area contributed by atoms with Crippen molar-refractivity contribution in [2.45, 2.75) is 243 Å². The molecular weight excluding hydrogens is 617 g/mol. The van der Waals surface area contributed by atoms with Gasteiger partial charge in [-0.05, 0) is 86.5 Å². The molecule has 0 aromatic heterocycles. The summed E-state index contributed by atoms with van der Waals surface area (Å²) in [5.41, 5.74) is 0. The van der Waals surface area contributed by atoms with Gasteiger partial charge < -0.3 is 9.47 Å². The average molecular weight is 703 g/mol. The summed E-state index contributed by atoms with van der Waals surface area (Å²) in [7, 11) is 0. The van der Waals surface area contributed by atoms with E-state index in [1.54, 1.807) is 0 Å². The maximum Gasteiger partial charge on any atom is 0.0606 e. The Kier molecular flexibility index (Phi) is 24.6. The van der Waals surface area contributed by atoms with Crippen molar-refractivity contribution in [2.24, 2.45) is 23.7 Å². The largest absolute Gasteiger partial charge is 0.378 e. The van der Waals surface area contributed by atoms with Crippen LogP contribution in [0.5, 0.6) is 0 Å². The van der Waals surface area contributed by atoms with Crippen molar-refractivity contribution in [1.82, 2.24) is 0 Å². The van der Waals surface area contributed by atoms with E-state index in [4.69, 9.17) is 9.47 Å². The van der Waals surface area contributed by atoms with Crippen LogP contribution in [0.15, 0.2) is 0 Å². The first kappa shape index (κ1) is 42.0. The van der Waals surface area contributed by atoms with Crippen molar-refractivity contribution < 1.29 is 9.47 Å². The molecule has 0 bridgehead atoms. The number of unbranched alkanes of at least 4 members (excludes halogenated alkanes) is 18. The van der Waals surface area contributed by atoms with Gasteiger partial charge in [0.1, 0.15) is 0 Å². The minimum atomic E-state index is 0.609.